The molecule has 0 saturated carbocycles. The fraction of sp³-hybridized carbons (Fsp3) is 0.214. The molecule has 0 aliphatic carbocycles. The van der Waals surface area contributed by atoms with Gasteiger partial charge in [-0.3, -0.25) is 4.79 Å². The number of H-pyrrole nitrogens is 2. The molecule has 3 heterocycles. The molecule has 0 bridgehead atoms. The zero-order chi connectivity index (χ0) is 14.8. The van der Waals surface area contributed by atoms with Crippen molar-refractivity contribution in [2.45, 2.75) is 19.1 Å². The second kappa shape index (κ2) is 5.61. The van der Waals surface area contributed by atoms with Gasteiger partial charge in [0.05, 0.1) is 5.75 Å². The van der Waals surface area contributed by atoms with Crippen LogP contribution in [0.5, 0.6) is 0 Å². The van der Waals surface area contributed by atoms with Crippen LogP contribution in [0.4, 0.5) is 0 Å². The van der Waals surface area contributed by atoms with Gasteiger partial charge in [0.25, 0.3) is 11.1 Å². The highest BCUT2D eigenvalue weighted by atomic mass is 32.2. The molecule has 21 heavy (non-hydrogen) atoms. The fourth-order valence-electron chi connectivity index (χ4n) is 2.06. The number of aromatic amines is 2. The van der Waals surface area contributed by atoms with Crippen LogP contribution in [0.15, 0.2) is 34.0 Å². The number of ketones is 1. The fourth-order valence-corrected chi connectivity index (χ4v) is 2.71. The van der Waals surface area contributed by atoms with Crippen molar-refractivity contribution < 1.29 is 9.21 Å². The summed E-state index contributed by atoms with van der Waals surface area (Å²) in [6, 6.07) is 5.56. The Labute approximate surface area is 125 Å². The first kappa shape index (κ1) is 13.7. The maximum atomic E-state index is 12.2. The summed E-state index contributed by atoms with van der Waals surface area (Å²) in [6.45, 7) is 3.82. The standard InChI is InChI=1S/C14H14N4O2S/c1-8-6-10(9(2)16-8)12(19)7-21-14-18-17-13(20-14)11-4-3-5-15-11/h3-6,15-16H,7H2,1-2H3. The van der Waals surface area contributed by atoms with Crippen LogP contribution < -0.4 is 0 Å². The zero-order valence-electron chi connectivity index (χ0n) is 11.6. The predicted molar refractivity (Wildman–Crippen MR) is 79.4 cm³/mol. The van der Waals surface area contributed by atoms with Crippen LogP contribution in [-0.2, 0) is 0 Å². The molecular formula is C14H14N4O2S. The van der Waals surface area contributed by atoms with Gasteiger partial charge in [0, 0.05) is 23.1 Å². The van der Waals surface area contributed by atoms with E-state index in [9.17, 15) is 4.79 Å². The lowest BCUT2D eigenvalue weighted by molar-refractivity contribution is 0.102. The molecule has 7 heteroatoms. The summed E-state index contributed by atoms with van der Waals surface area (Å²) in [5.74, 6) is 0.731. The Morgan fingerprint density at radius 1 is 1.38 bits per heavy atom. The van der Waals surface area contributed by atoms with Gasteiger partial charge in [-0.1, -0.05) is 11.8 Å². The predicted octanol–water partition coefficient (Wildman–Crippen LogP) is 2.98. The van der Waals surface area contributed by atoms with Crippen LogP contribution >= 0.6 is 11.8 Å². The van der Waals surface area contributed by atoms with Crippen LogP contribution in [-0.4, -0.2) is 31.7 Å². The minimum atomic E-state index is 0.0430. The van der Waals surface area contributed by atoms with Gasteiger partial charge in [-0.15, -0.1) is 10.2 Å². The number of nitrogens with one attached hydrogen (secondary N) is 2. The number of hydrogen-bond acceptors (Lipinski definition) is 5. The number of nitrogens with zero attached hydrogens (tertiary/aromatic N) is 2. The Kier molecular flexibility index (Phi) is 3.66. The lowest BCUT2D eigenvalue weighted by atomic mass is 10.2. The number of aryl methyl sites for hydroxylation is 2. The molecule has 3 rings (SSSR count). The number of rotatable bonds is 5. The number of aromatic nitrogens is 4. The zero-order valence-corrected chi connectivity index (χ0v) is 12.5. The Hall–Kier alpha value is -2.28. The number of carbonyl (C=O) groups excluding carboxylic acids is 1. The van der Waals surface area contributed by atoms with Crippen molar-refractivity contribution in [2.24, 2.45) is 0 Å². The van der Waals surface area contributed by atoms with Gasteiger partial charge in [0.1, 0.15) is 5.69 Å². The van der Waals surface area contributed by atoms with E-state index in [1.54, 1.807) is 6.20 Å². The summed E-state index contributed by atoms with van der Waals surface area (Å²) >= 11 is 1.24. The highest BCUT2D eigenvalue weighted by molar-refractivity contribution is 7.99. The Morgan fingerprint density at radius 3 is 2.90 bits per heavy atom. The van der Waals surface area contributed by atoms with E-state index < -0.39 is 0 Å². The van der Waals surface area contributed by atoms with Crippen molar-refractivity contribution in [1.82, 2.24) is 20.2 Å². The lowest BCUT2D eigenvalue weighted by Crippen LogP contribution is -2.02. The molecule has 3 aromatic rings. The quantitative estimate of drug-likeness (QED) is 0.559. The normalized spacial score (nSPS) is 11.0. The van der Waals surface area contributed by atoms with Crippen molar-refractivity contribution >= 4 is 17.5 Å². The number of hydrogen-bond donors (Lipinski definition) is 2. The summed E-state index contributed by atoms with van der Waals surface area (Å²) in [6.07, 6.45) is 1.78. The van der Waals surface area contributed by atoms with Crippen molar-refractivity contribution in [3.05, 3.63) is 41.3 Å². The SMILES string of the molecule is Cc1cc(C(=O)CSc2nnc(-c3ccc[nH]3)o2)c(C)[nH]1. The molecule has 6 nitrogen and oxygen atoms in total. The molecule has 108 valence electrons. The van der Waals surface area contributed by atoms with Gasteiger partial charge in [-0.05, 0) is 32.0 Å². The van der Waals surface area contributed by atoms with Gasteiger partial charge in [0.15, 0.2) is 5.78 Å². The van der Waals surface area contributed by atoms with Crippen molar-refractivity contribution in [3.63, 3.8) is 0 Å². The number of carbonyl (C=O) groups is 1. The van der Waals surface area contributed by atoms with E-state index in [1.807, 2.05) is 32.0 Å². The van der Waals surface area contributed by atoms with Gasteiger partial charge in [-0.25, -0.2) is 0 Å². The maximum Gasteiger partial charge on any atom is 0.277 e. The number of Topliss-reactive ketones (excluding diaryl/α,β-unsaturated/α-hetero) is 1. The van der Waals surface area contributed by atoms with E-state index in [0.717, 1.165) is 17.1 Å². The van der Waals surface area contributed by atoms with E-state index in [1.165, 1.54) is 11.8 Å². The average molecular weight is 302 g/mol. The molecule has 0 aromatic carbocycles. The molecule has 0 amide bonds. The second-order valence-electron chi connectivity index (χ2n) is 4.66. The Balaban J connectivity index is 1.65. The lowest BCUT2D eigenvalue weighted by Gasteiger charge is -1.97. The van der Waals surface area contributed by atoms with Crippen LogP contribution in [0.1, 0.15) is 21.7 Å². The van der Waals surface area contributed by atoms with Crippen LogP contribution in [0.2, 0.25) is 0 Å². The molecule has 0 fully saturated rings. The molecule has 0 spiro atoms. The van der Waals surface area contributed by atoms with Crippen molar-refractivity contribution in [3.8, 4) is 11.6 Å². The van der Waals surface area contributed by atoms with Gasteiger partial charge < -0.3 is 14.4 Å². The highest BCUT2D eigenvalue weighted by Gasteiger charge is 2.15. The number of thioether (sulfide) groups is 1. The summed E-state index contributed by atoms with van der Waals surface area (Å²) in [7, 11) is 0. The van der Waals surface area contributed by atoms with Gasteiger partial charge in [-0.2, -0.15) is 0 Å². The first-order valence-corrected chi connectivity index (χ1v) is 7.41. The second-order valence-corrected chi connectivity index (χ2v) is 5.59. The van der Waals surface area contributed by atoms with Crippen molar-refractivity contribution in [1.29, 1.82) is 0 Å². The molecule has 3 aromatic heterocycles. The molecule has 0 aliphatic heterocycles. The smallest absolute Gasteiger partial charge is 0.277 e. The first-order chi connectivity index (χ1) is 10.1. The van der Waals surface area contributed by atoms with E-state index in [2.05, 4.69) is 20.2 Å². The van der Waals surface area contributed by atoms with E-state index >= 15 is 0 Å². The third-order valence-corrected chi connectivity index (χ3v) is 3.83. The molecule has 0 radical (unpaired) electrons. The van der Waals surface area contributed by atoms with Gasteiger partial charge in [0.2, 0.25) is 0 Å². The highest BCUT2D eigenvalue weighted by Crippen LogP contribution is 2.23. The molecule has 0 aliphatic rings. The van der Waals surface area contributed by atoms with E-state index in [0.29, 0.717) is 16.7 Å². The summed E-state index contributed by atoms with van der Waals surface area (Å²) in [5.41, 5.74) is 3.34. The Bertz CT molecular complexity index is 758. The minimum absolute atomic E-state index is 0.0430. The maximum absolute atomic E-state index is 12.2. The van der Waals surface area contributed by atoms with Crippen molar-refractivity contribution in [2.75, 3.05) is 5.75 Å². The largest absolute Gasteiger partial charge is 0.410 e. The summed E-state index contributed by atoms with van der Waals surface area (Å²) in [5, 5.41) is 8.26. The summed E-state index contributed by atoms with van der Waals surface area (Å²) < 4.78 is 5.50. The minimum Gasteiger partial charge on any atom is -0.410 e. The third kappa shape index (κ3) is 2.92. The molecule has 0 atom stereocenters. The monoisotopic (exact) mass is 302 g/mol. The van der Waals surface area contributed by atoms with Crippen LogP contribution in [0.25, 0.3) is 11.6 Å². The topological polar surface area (TPSA) is 87.6 Å². The third-order valence-electron chi connectivity index (χ3n) is 3.01. The van der Waals surface area contributed by atoms with Gasteiger partial charge >= 0.3 is 0 Å². The van der Waals surface area contributed by atoms with E-state index in [-0.39, 0.29) is 11.5 Å². The summed E-state index contributed by atoms with van der Waals surface area (Å²) in [4.78, 5) is 18.3. The molecule has 0 unspecified atom stereocenters. The molecular weight excluding hydrogens is 288 g/mol. The Morgan fingerprint density at radius 2 is 2.24 bits per heavy atom. The average Bonchev–Trinajstić information content (AvgIpc) is 3.15. The first-order valence-electron chi connectivity index (χ1n) is 6.43. The molecule has 2 N–H and O–H groups in total. The van der Waals surface area contributed by atoms with E-state index in [4.69, 9.17) is 4.42 Å². The van der Waals surface area contributed by atoms with Crippen LogP contribution in [0, 0.1) is 13.8 Å². The van der Waals surface area contributed by atoms with Crippen LogP contribution in [0.3, 0.4) is 0 Å². The molecule has 0 saturated heterocycles.